The molecule has 0 aliphatic carbocycles. The molecular weight excluding hydrogens is 543 g/mol. The molecule has 2 aromatic carbocycles. The van der Waals surface area contributed by atoms with Gasteiger partial charge in [0.2, 0.25) is 0 Å². The molecule has 3 rings (SSSR count). The number of alkyl carbamates (subject to hydrolysis) is 1. The molecule has 0 radical (unpaired) electrons. The standard InChI is InChI=1S/C30H40F3NO5S/c1-27(2,3)39-26(35)34-29(19-37-28(4,5)38-20-29)16-15-22-11-14-25(24(18-22)30(31,32)33)36-17-7-8-21-9-12-23(40-6)13-10-21/h9-14,18H,7-8,15-17,19-20H2,1-6H3,(H,34,35). The summed E-state index contributed by atoms with van der Waals surface area (Å²) in [6.07, 6.45) is -1.38. The maximum atomic E-state index is 14.0. The predicted molar refractivity (Wildman–Crippen MR) is 150 cm³/mol. The molecule has 6 nitrogen and oxygen atoms in total. The number of hydrogen-bond acceptors (Lipinski definition) is 6. The van der Waals surface area contributed by atoms with Crippen molar-refractivity contribution in [3.63, 3.8) is 0 Å². The Balaban J connectivity index is 1.67. The highest BCUT2D eigenvalue weighted by atomic mass is 32.2. The van der Waals surface area contributed by atoms with Crippen molar-refractivity contribution in [1.29, 1.82) is 0 Å². The Bertz CT molecular complexity index is 1120. The molecular formula is C30H40F3NO5S. The molecule has 1 amide bonds. The van der Waals surface area contributed by atoms with E-state index in [9.17, 15) is 18.0 Å². The molecule has 0 aromatic heterocycles. The summed E-state index contributed by atoms with van der Waals surface area (Å²) in [6.45, 7) is 9.21. The number of benzene rings is 2. The highest BCUT2D eigenvalue weighted by molar-refractivity contribution is 7.98. The van der Waals surface area contributed by atoms with E-state index < -0.39 is 34.8 Å². The first-order valence-electron chi connectivity index (χ1n) is 13.3. The Kier molecular flexibility index (Phi) is 10.5. The second kappa shape index (κ2) is 13.0. The van der Waals surface area contributed by atoms with E-state index in [2.05, 4.69) is 5.32 Å². The van der Waals surface area contributed by atoms with E-state index in [0.29, 0.717) is 18.4 Å². The molecule has 0 saturated carbocycles. The number of nitrogens with one attached hydrogen (secondary N) is 1. The Morgan fingerprint density at radius 2 is 1.62 bits per heavy atom. The maximum Gasteiger partial charge on any atom is 0.419 e. The zero-order valence-corrected chi connectivity index (χ0v) is 24.9. The molecule has 0 bridgehead atoms. The van der Waals surface area contributed by atoms with Crippen LogP contribution >= 0.6 is 11.8 Å². The Labute approximate surface area is 239 Å². The predicted octanol–water partition coefficient (Wildman–Crippen LogP) is 7.42. The van der Waals surface area contributed by atoms with Gasteiger partial charge in [-0.3, -0.25) is 0 Å². The van der Waals surface area contributed by atoms with Crippen molar-refractivity contribution in [2.45, 2.75) is 88.3 Å². The number of carbonyl (C=O) groups is 1. The molecule has 0 spiro atoms. The van der Waals surface area contributed by atoms with Crippen LogP contribution in [0, 0.1) is 0 Å². The van der Waals surface area contributed by atoms with Crippen molar-refractivity contribution in [1.82, 2.24) is 5.32 Å². The number of rotatable bonds is 10. The summed E-state index contributed by atoms with van der Waals surface area (Å²) in [5.41, 5.74) is -0.915. The van der Waals surface area contributed by atoms with Crippen LogP contribution in [0.2, 0.25) is 0 Å². The van der Waals surface area contributed by atoms with Gasteiger partial charge in [0.25, 0.3) is 0 Å². The monoisotopic (exact) mass is 583 g/mol. The van der Waals surface area contributed by atoms with E-state index in [0.717, 1.165) is 16.5 Å². The quantitative estimate of drug-likeness (QED) is 0.232. The fraction of sp³-hybridized carbons (Fsp3) is 0.567. The van der Waals surface area contributed by atoms with Gasteiger partial charge in [-0.05, 0) is 102 Å². The lowest BCUT2D eigenvalue weighted by Gasteiger charge is -2.44. The summed E-state index contributed by atoms with van der Waals surface area (Å²) in [7, 11) is 0. The second-order valence-electron chi connectivity index (χ2n) is 11.5. The number of aryl methyl sites for hydroxylation is 2. The van der Waals surface area contributed by atoms with E-state index >= 15 is 0 Å². The fourth-order valence-electron chi connectivity index (χ4n) is 4.22. The van der Waals surface area contributed by atoms with Crippen LogP contribution in [-0.2, 0) is 33.2 Å². The fourth-order valence-corrected chi connectivity index (χ4v) is 4.63. The first kappa shape index (κ1) is 32.1. The minimum absolute atomic E-state index is 0.132. The molecule has 10 heteroatoms. The maximum absolute atomic E-state index is 14.0. The third-order valence-corrected chi connectivity index (χ3v) is 7.17. The van der Waals surface area contributed by atoms with Crippen LogP contribution < -0.4 is 10.1 Å². The molecule has 222 valence electrons. The van der Waals surface area contributed by atoms with E-state index in [1.54, 1.807) is 52.4 Å². The molecule has 1 aliphatic rings. The van der Waals surface area contributed by atoms with Crippen LogP contribution in [-0.4, -0.2) is 49.1 Å². The highest BCUT2D eigenvalue weighted by Crippen LogP contribution is 2.38. The minimum Gasteiger partial charge on any atom is -0.493 e. The number of halogens is 3. The summed E-state index contributed by atoms with van der Waals surface area (Å²) >= 11 is 1.66. The third-order valence-electron chi connectivity index (χ3n) is 6.43. The van der Waals surface area contributed by atoms with Crippen molar-refractivity contribution < 1.29 is 36.9 Å². The lowest BCUT2D eigenvalue weighted by atomic mass is 9.91. The molecule has 2 aromatic rings. The van der Waals surface area contributed by atoms with Crippen LogP contribution in [0.25, 0.3) is 0 Å². The van der Waals surface area contributed by atoms with Gasteiger partial charge < -0.3 is 24.3 Å². The summed E-state index contributed by atoms with van der Waals surface area (Å²) in [5, 5.41) is 2.85. The Morgan fingerprint density at radius 3 is 2.20 bits per heavy atom. The SMILES string of the molecule is CSc1ccc(CCCOc2ccc(CCC3(NC(=O)OC(C)(C)C)COC(C)(C)OC3)cc2C(F)(F)F)cc1. The van der Waals surface area contributed by atoms with Crippen molar-refractivity contribution in [2.24, 2.45) is 0 Å². The van der Waals surface area contributed by atoms with Gasteiger partial charge in [0, 0.05) is 4.90 Å². The number of ether oxygens (including phenoxy) is 4. The molecule has 1 saturated heterocycles. The Hall–Kier alpha value is -2.43. The lowest BCUT2D eigenvalue weighted by Crippen LogP contribution is -2.61. The molecule has 1 N–H and O–H groups in total. The first-order valence-corrected chi connectivity index (χ1v) is 14.6. The van der Waals surface area contributed by atoms with Crippen molar-refractivity contribution in [2.75, 3.05) is 26.1 Å². The minimum atomic E-state index is -4.58. The van der Waals surface area contributed by atoms with Crippen LogP contribution in [0.5, 0.6) is 5.75 Å². The van der Waals surface area contributed by atoms with Gasteiger partial charge in [0.05, 0.1) is 30.9 Å². The van der Waals surface area contributed by atoms with E-state index in [1.807, 2.05) is 30.5 Å². The van der Waals surface area contributed by atoms with Crippen LogP contribution in [0.1, 0.15) is 64.2 Å². The molecule has 0 unspecified atom stereocenters. The van der Waals surface area contributed by atoms with Gasteiger partial charge in [0.15, 0.2) is 5.79 Å². The van der Waals surface area contributed by atoms with Crippen molar-refractivity contribution >= 4 is 17.9 Å². The highest BCUT2D eigenvalue weighted by Gasteiger charge is 2.42. The molecule has 1 heterocycles. The summed E-state index contributed by atoms with van der Waals surface area (Å²) < 4.78 is 64.5. The number of carbonyl (C=O) groups excluding carboxylic acids is 1. The largest absolute Gasteiger partial charge is 0.493 e. The van der Waals surface area contributed by atoms with Gasteiger partial charge in [-0.25, -0.2) is 4.79 Å². The first-order chi connectivity index (χ1) is 18.6. The van der Waals surface area contributed by atoms with Gasteiger partial charge in [-0.1, -0.05) is 18.2 Å². The van der Waals surface area contributed by atoms with Crippen molar-refractivity contribution in [3.8, 4) is 5.75 Å². The smallest absolute Gasteiger partial charge is 0.419 e. The van der Waals surface area contributed by atoms with Gasteiger partial charge in [0.1, 0.15) is 11.4 Å². The van der Waals surface area contributed by atoms with Crippen molar-refractivity contribution in [3.05, 3.63) is 59.2 Å². The number of thioether (sulfide) groups is 1. The second-order valence-corrected chi connectivity index (χ2v) is 12.4. The number of amides is 1. The van der Waals surface area contributed by atoms with Crippen LogP contribution in [0.15, 0.2) is 47.4 Å². The van der Waals surface area contributed by atoms with E-state index in [-0.39, 0.29) is 38.4 Å². The van der Waals surface area contributed by atoms with Gasteiger partial charge in [-0.15, -0.1) is 11.8 Å². The van der Waals surface area contributed by atoms with Crippen LogP contribution in [0.4, 0.5) is 18.0 Å². The summed E-state index contributed by atoms with van der Waals surface area (Å²) in [4.78, 5) is 13.7. The van der Waals surface area contributed by atoms with E-state index in [4.69, 9.17) is 18.9 Å². The average Bonchev–Trinajstić information content (AvgIpc) is 2.86. The molecule has 1 fully saturated rings. The van der Waals surface area contributed by atoms with Gasteiger partial charge >= 0.3 is 12.3 Å². The average molecular weight is 584 g/mol. The molecule has 40 heavy (non-hydrogen) atoms. The van der Waals surface area contributed by atoms with Crippen LogP contribution in [0.3, 0.4) is 0 Å². The van der Waals surface area contributed by atoms with Gasteiger partial charge in [-0.2, -0.15) is 13.2 Å². The molecule has 0 atom stereocenters. The summed E-state index contributed by atoms with van der Waals surface area (Å²) in [6, 6.07) is 12.2. The zero-order chi connectivity index (χ0) is 29.6. The van der Waals surface area contributed by atoms with E-state index in [1.165, 1.54) is 6.07 Å². The normalized spacial score (nSPS) is 16.8. The lowest BCUT2D eigenvalue weighted by molar-refractivity contribution is -0.271. The summed E-state index contributed by atoms with van der Waals surface area (Å²) in [5.74, 6) is -1.03. The number of hydrogen-bond donors (Lipinski definition) is 1. The molecule has 1 aliphatic heterocycles. The third kappa shape index (κ3) is 9.89. The zero-order valence-electron chi connectivity index (χ0n) is 24.1. The topological polar surface area (TPSA) is 66.0 Å². The number of alkyl halides is 3. The Morgan fingerprint density at radius 1 is 1.00 bits per heavy atom.